The SMILES string of the molecule is CC[C@@H](NC(=O)CN(c1ccccc1C(C)C)S(C)(=O)=O)c1ccc(C)cc1. The van der Waals surface area contributed by atoms with Crippen molar-refractivity contribution in [2.24, 2.45) is 0 Å². The molecule has 0 saturated carbocycles. The first-order valence-corrected chi connectivity index (χ1v) is 11.4. The largest absolute Gasteiger partial charge is 0.348 e. The van der Waals surface area contributed by atoms with Crippen LogP contribution in [0.4, 0.5) is 5.69 Å². The molecular formula is C22H30N2O3S. The van der Waals surface area contributed by atoms with Crippen LogP contribution in [0.2, 0.25) is 0 Å². The van der Waals surface area contributed by atoms with Crippen molar-refractivity contribution >= 4 is 21.6 Å². The van der Waals surface area contributed by atoms with Gasteiger partial charge in [-0.25, -0.2) is 8.42 Å². The lowest BCUT2D eigenvalue weighted by Gasteiger charge is -2.27. The summed E-state index contributed by atoms with van der Waals surface area (Å²) in [5, 5.41) is 2.98. The summed E-state index contributed by atoms with van der Waals surface area (Å²) < 4.78 is 26.1. The molecule has 0 saturated heterocycles. The Labute approximate surface area is 168 Å². The Morgan fingerprint density at radius 1 is 1.07 bits per heavy atom. The van der Waals surface area contributed by atoms with Crippen molar-refractivity contribution in [3.05, 3.63) is 65.2 Å². The first-order chi connectivity index (χ1) is 13.1. The summed E-state index contributed by atoms with van der Waals surface area (Å²) in [7, 11) is -3.61. The molecule has 152 valence electrons. The van der Waals surface area contributed by atoms with Gasteiger partial charge in [-0.2, -0.15) is 0 Å². The van der Waals surface area contributed by atoms with Crippen molar-refractivity contribution in [2.45, 2.75) is 46.1 Å². The first kappa shape index (κ1) is 22.0. The van der Waals surface area contributed by atoms with Crippen molar-refractivity contribution in [3.63, 3.8) is 0 Å². The molecule has 1 amide bonds. The third-order valence-corrected chi connectivity index (χ3v) is 5.86. The molecule has 0 fully saturated rings. The van der Waals surface area contributed by atoms with Crippen LogP contribution >= 0.6 is 0 Å². The van der Waals surface area contributed by atoms with E-state index in [9.17, 15) is 13.2 Å². The number of rotatable bonds is 8. The van der Waals surface area contributed by atoms with Crippen LogP contribution in [0.15, 0.2) is 48.5 Å². The van der Waals surface area contributed by atoms with E-state index in [0.717, 1.165) is 29.4 Å². The molecule has 0 aliphatic carbocycles. The second kappa shape index (κ2) is 9.24. The second-order valence-corrected chi connectivity index (χ2v) is 9.33. The van der Waals surface area contributed by atoms with E-state index in [4.69, 9.17) is 0 Å². The Morgan fingerprint density at radius 3 is 2.21 bits per heavy atom. The average molecular weight is 403 g/mol. The number of sulfonamides is 1. The zero-order valence-corrected chi connectivity index (χ0v) is 18.1. The van der Waals surface area contributed by atoms with E-state index in [0.29, 0.717) is 5.69 Å². The summed E-state index contributed by atoms with van der Waals surface area (Å²) in [5.74, 6) is -0.184. The molecule has 2 aromatic carbocycles. The topological polar surface area (TPSA) is 66.5 Å². The van der Waals surface area contributed by atoms with Crippen LogP contribution in [-0.4, -0.2) is 27.1 Å². The predicted molar refractivity (Wildman–Crippen MR) is 115 cm³/mol. The Morgan fingerprint density at radius 2 is 1.68 bits per heavy atom. The van der Waals surface area contributed by atoms with Crippen LogP contribution in [0.3, 0.4) is 0 Å². The minimum absolute atomic E-state index is 0.138. The summed E-state index contributed by atoms with van der Waals surface area (Å²) in [5.41, 5.74) is 3.61. The van der Waals surface area contributed by atoms with Crippen LogP contribution in [-0.2, 0) is 14.8 Å². The molecule has 1 atom stereocenters. The van der Waals surface area contributed by atoms with Crippen LogP contribution < -0.4 is 9.62 Å². The van der Waals surface area contributed by atoms with E-state index in [1.807, 2.05) is 64.1 Å². The maximum Gasteiger partial charge on any atom is 0.241 e. The van der Waals surface area contributed by atoms with Gasteiger partial charge in [-0.05, 0) is 36.5 Å². The van der Waals surface area contributed by atoms with E-state index in [2.05, 4.69) is 5.32 Å². The molecule has 0 unspecified atom stereocenters. The van der Waals surface area contributed by atoms with E-state index in [1.165, 1.54) is 4.31 Å². The van der Waals surface area contributed by atoms with Gasteiger partial charge in [0.2, 0.25) is 15.9 Å². The van der Waals surface area contributed by atoms with Crippen molar-refractivity contribution in [1.82, 2.24) is 5.32 Å². The fourth-order valence-corrected chi connectivity index (χ4v) is 4.05. The summed E-state index contributed by atoms with van der Waals surface area (Å²) in [6.45, 7) is 7.77. The molecule has 0 aliphatic rings. The highest BCUT2D eigenvalue weighted by molar-refractivity contribution is 7.92. The lowest BCUT2D eigenvalue weighted by atomic mass is 10.0. The normalized spacial score (nSPS) is 12.6. The van der Waals surface area contributed by atoms with Gasteiger partial charge in [0.1, 0.15) is 6.54 Å². The summed E-state index contributed by atoms with van der Waals surface area (Å²) in [6, 6.07) is 15.2. The van der Waals surface area contributed by atoms with Gasteiger partial charge >= 0.3 is 0 Å². The van der Waals surface area contributed by atoms with Gasteiger partial charge in [-0.3, -0.25) is 9.10 Å². The van der Waals surface area contributed by atoms with Crippen molar-refractivity contribution in [3.8, 4) is 0 Å². The summed E-state index contributed by atoms with van der Waals surface area (Å²) in [6.07, 6.45) is 1.85. The molecule has 0 radical (unpaired) electrons. The molecular weight excluding hydrogens is 372 g/mol. The fourth-order valence-electron chi connectivity index (χ4n) is 3.17. The fraction of sp³-hybridized carbons (Fsp3) is 0.409. The molecule has 6 heteroatoms. The number of aryl methyl sites for hydroxylation is 1. The first-order valence-electron chi connectivity index (χ1n) is 9.56. The molecule has 0 aliphatic heterocycles. The number of hydrogen-bond acceptors (Lipinski definition) is 3. The van der Waals surface area contributed by atoms with Gasteiger partial charge in [0.05, 0.1) is 18.0 Å². The second-order valence-electron chi connectivity index (χ2n) is 7.42. The smallest absolute Gasteiger partial charge is 0.241 e. The van der Waals surface area contributed by atoms with Crippen molar-refractivity contribution in [1.29, 1.82) is 0 Å². The Balaban J connectivity index is 2.26. The van der Waals surface area contributed by atoms with Gasteiger partial charge in [0, 0.05) is 0 Å². The van der Waals surface area contributed by atoms with E-state index in [1.54, 1.807) is 12.1 Å². The minimum atomic E-state index is -3.61. The van der Waals surface area contributed by atoms with Gasteiger partial charge < -0.3 is 5.32 Å². The molecule has 1 N–H and O–H groups in total. The lowest BCUT2D eigenvalue weighted by Crippen LogP contribution is -2.42. The molecule has 0 spiro atoms. The Hall–Kier alpha value is -2.34. The number of carbonyl (C=O) groups is 1. The zero-order chi connectivity index (χ0) is 20.9. The molecule has 2 rings (SSSR count). The maximum absolute atomic E-state index is 12.7. The van der Waals surface area contributed by atoms with Gasteiger partial charge in [0.25, 0.3) is 0 Å². The highest BCUT2D eigenvalue weighted by Crippen LogP contribution is 2.29. The lowest BCUT2D eigenvalue weighted by molar-refractivity contribution is -0.120. The number of nitrogens with one attached hydrogen (secondary N) is 1. The standard InChI is InChI=1S/C22H30N2O3S/c1-6-20(18-13-11-17(4)12-14-18)23-22(25)15-24(28(5,26)27)21-10-8-7-9-19(21)16(2)3/h7-14,16,20H,6,15H2,1-5H3,(H,23,25)/t20-/m1/s1. The Kier molecular flexibility index (Phi) is 7.24. The number of nitrogens with zero attached hydrogens (tertiary/aromatic N) is 1. The summed E-state index contributed by atoms with van der Waals surface area (Å²) in [4.78, 5) is 12.7. The quantitative estimate of drug-likeness (QED) is 0.721. The zero-order valence-electron chi connectivity index (χ0n) is 17.3. The van der Waals surface area contributed by atoms with E-state index < -0.39 is 10.0 Å². The highest BCUT2D eigenvalue weighted by Gasteiger charge is 2.25. The number of hydrogen-bond donors (Lipinski definition) is 1. The van der Waals surface area contributed by atoms with E-state index >= 15 is 0 Å². The van der Waals surface area contributed by atoms with Crippen LogP contribution in [0, 0.1) is 6.92 Å². The third kappa shape index (κ3) is 5.58. The molecule has 0 bridgehead atoms. The third-order valence-electron chi connectivity index (χ3n) is 4.74. The number of para-hydroxylation sites is 1. The van der Waals surface area contributed by atoms with Gasteiger partial charge in [-0.15, -0.1) is 0 Å². The molecule has 2 aromatic rings. The maximum atomic E-state index is 12.7. The van der Waals surface area contributed by atoms with Crippen LogP contribution in [0.1, 0.15) is 55.8 Å². The van der Waals surface area contributed by atoms with E-state index in [-0.39, 0.29) is 24.4 Å². The molecule has 5 nitrogen and oxygen atoms in total. The highest BCUT2D eigenvalue weighted by atomic mass is 32.2. The van der Waals surface area contributed by atoms with Crippen molar-refractivity contribution < 1.29 is 13.2 Å². The summed E-state index contributed by atoms with van der Waals surface area (Å²) >= 11 is 0. The monoisotopic (exact) mass is 402 g/mol. The number of anilines is 1. The predicted octanol–water partition coefficient (Wildman–Crippen LogP) is 4.15. The molecule has 0 heterocycles. The Bertz CT molecular complexity index is 906. The number of benzene rings is 2. The molecule has 28 heavy (non-hydrogen) atoms. The van der Waals surface area contributed by atoms with Crippen LogP contribution in [0.25, 0.3) is 0 Å². The minimum Gasteiger partial charge on any atom is -0.348 e. The molecule has 0 aromatic heterocycles. The number of amides is 1. The van der Waals surface area contributed by atoms with Crippen LogP contribution in [0.5, 0.6) is 0 Å². The van der Waals surface area contributed by atoms with Gasteiger partial charge in [-0.1, -0.05) is 68.8 Å². The van der Waals surface area contributed by atoms with Crippen molar-refractivity contribution in [2.75, 3.05) is 17.1 Å². The van der Waals surface area contributed by atoms with Gasteiger partial charge in [0.15, 0.2) is 0 Å². The number of carbonyl (C=O) groups excluding carboxylic acids is 1. The average Bonchev–Trinajstić information content (AvgIpc) is 2.64.